The van der Waals surface area contributed by atoms with Gasteiger partial charge in [-0.15, -0.1) is 0 Å². The smallest absolute Gasteiger partial charge is 0.336 e. The Morgan fingerprint density at radius 3 is 2.88 bits per heavy atom. The van der Waals surface area contributed by atoms with Crippen molar-refractivity contribution in [3.8, 4) is 0 Å². The van der Waals surface area contributed by atoms with Crippen LogP contribution in [0.25, 0.3) is 0 Å². The minimum Gasteiger partial charge on any atom is -0.478 e. The SMILES string of the molecule is CCCCOCc1ccc(Br)cc1C(=O)O. The molecule has 0 amide bonds. The van der Waals surface area contributed by atoms with Crippen LogP contribution in [0.4, 0.5) is 0 Å². The average molecular weight is 287 g/mol. The largest absolute Gasteiger partial charge is 0.478 e. The maximum atomic E-state index is 11.0. The molecule has 0 aliphatic heterocycles. The molecule has 1 aromatic rings. The molecule has 0 fully saturated rings. The van der Waals surface area contributed by atoms with Gasteiger partial charge in [0.2, 0.25) is 0 Å². The fraction of sp³-hybridized carbons (Fsp3) is 0.417. The molecule has 0 aliphatic carbocycles. The molecule has 4 heteroatoms. The van der Waals surface area contributed by atoms with Gasteiger partial charge in [0.1, 0.15) is 0 Å². The summed E-state index contributed by atoms with van der Waals surface area (Å²) >= 11 is 3.25. The van der Waals surface area contributed by atoms with Crippen molar-refractivity contribution in [2.75, 3.05) is 6.61 Å². The molecule has 0 spiro atoms. The number of hydrogen-bond donors (Lipinski definition) is 1. The number of rotatable bonds is 6. The van der Waals surface area contributed by atoms with E-state index in [9.17, 15) is 4.79 Å². The van der Waals surface area contributed by atoms with E-state index in [-0.39, 0.29) is 0 Å². The topological polar surface area (TPSA) is 46.5 Å². The van der Waals surface area contributed by atoms with Crippen LogP contribution in [0.3, 0.4) is 0 Å². The van der Waals surface area contributed by atoms with Crippen LogP contribution in [0.5, 0.6) is 0 Å². The summed E-state index contributed by atoms with van der Waals surface area (Å²) in [5.41, 5.74) is 1.01. The van der Waals surface area contributed by atoms with Gasteiger partial charge in [-0.3, -0.25) is 0 Å². The summed E-state index contributed by atoms with van der Waals surface area (Å²) in [5.74, 6) is -0.921. The van der Waals surface area contributed by atoms with Gasteiger partial charge in [-0.05, 0) is 24.1 Å². The van der Waals surface area contributed by atoms with Crippen LogP contribution in [0.15, 0.2) is 22.7 Å². The molecule has 88 valence electrons. The van der Waals surface area contributed by atoms with Crippen LogP contribution < -0.4 is 0 Å². The third-order valence-electron chi connectivity index (χ3n) is 2.20. The Morgan fingerprint density at radius 2 is 2.25 bits per heavy atom. The molecular weight excluding hydrogens is 272 g/mol. The van der Waals surface area contributed by atoms with Crippen LogP contribution in [0.2, 0.25) is 0 Å². The van der Waals surface area contributed by atoms with Crippen molar-refractivity contribution in [1.29, 1.82) is 0 Å². The summed E-state index contributed by atoms with van der Waals surface area (Å²) in [4.78, 5) is 11.0. The van der Waals surface area contributed by atoms with Crippen molar-refractivity contribution < 1.29 is 14.6 Å². The standard InChI is InChI=1S/C12H15BrO3/c1-2-3-6-16-8-9-4-5-10(13)7-11(9)12(14)15/h4-5,7H,2-3,6,8H2,1H3,(H,14,15). The number of benzene rings is 1. The van der Waals surface area contributed by atoms with E-state index in [1.165, 1.54) is 0 Å². The molecule has 0 aromatic heterocycles. The van der Waals surface area contributed by atoms with E-state index in [0.717, 1.165) is 17.3 Å². The lowest BCUT2D eigenvalue weighted by Gasteiger charge is -2.07. The summed E-state index contributed by atoms with van der Waals surface area (Å²) in [6, 6.07) is 5.20. The van der Waals surface area contributed by atoms with Crippen molar-refractivity contribution in [2.24, 2.45) is 0 Å². The Labute approximate surface area is 104 Å². The first-order valence-electron chi connectivity index (χ1n) is 5.24. The van der Waals surface area contributed by atoms with Crippen LogP contribution in [0, 0.1) is 0 Å². The van der Waals surface area contributed by atoms with E-state index >= 15 is 0 Å². The molecular formula is C12H15BrO3. The van der Waals surface area contributed by atoms with Crippen molar-refractivity contribution in [2.45, 2.75) is 26.4 Å². The van der Waals surface area contributed by atoms with Crippen LogP contribution in [-0.4, -0.2) is 17.7 Å². The lowest BCUT2D eigenvalue weighted by molar-refractivity contribution is 0.0686. The summed E-state index contributed by atoms with van der Waals surface area (Å²) in [5, 5.41) is 9.02. The van der Waals surface area contributed by atoms with Gasteiger partial charge in [0.05, 0.1) is 12.2 Å². The number of halogens is 1. The fourth-order valence-corrected chi connectivity index (χ4v) is 1.66. The molecule has 0 heterocycles. The maximum Gasteiger partial charge on any atom is 0.336 e. The number of carbonyl (C=O) groups is 1. The van der Waals surface area contributed by atoms with Crippen LogP contribution in [0.1, 0.15) is 35.7 Å². The van der Waals surface area contributed by atoms with Gasteiger partial charge in [0, 0.05) is 11.1 Å². The quantitative estimate of drug-likeness (QED) is 0.815. The highest BCUT2D eigenvalue weighted by Gasteiger charge is 2.10. The first-order chi connectivity index (χ1) is 7.65. The summed E-state index contributed by atoms with van der Waals surface area (Å²) in [6.07, 6.45) is 2.07. The molecule has 0 saturated carbocycles. The fourth-order valence-electron chi connectivity index (χ4n) is 1.30. The number of aromatic carboxylic acids is 1. The highest BCUT2D eigenvalue weighted by atomic mass is 79.9. The van der Waals surface area contributed by atoms with E-state index in [0.29, 0.717) is 24.3 Å². The molecule has 1 rings (SSSR count). The van der Waals surface area contributed by atoms with Crippen molar-refractivity contribution in [1.82, 2.24) is 0 Å². The van der Waals surface area contributed by atoms with Crippen LogP contribution in [-0.2, 0) is 11.3 Å². The molecule has 3 nitrogen and oxygen atoms in total. The lowest BCUT2D eigenvalue weighted by Crippen LogP contribution is -2.04. The maximum absolute atomic E-state index is 11.0. The van der Waals surface area contributed by atoms with Gasteiger partial charge in [-0.25, -0.2) is 4.79 Å². The zero-order valence-corrected chi connectivity index (χ0v) is 10.8. The lowest BCUT2D eigenvalue weighted by atomic mass is 10.1. The molecule has 1 aromatic carbocycles. The zero-order chi connectivity index (χ0) is 12.0. The van der Waals surface area contributed by atoms with Gasteiger partial charge in [0.25, 0.3) is 0 Å². The average Bonchev–Trinajstić information content (AvgIpc) is 2.26. The van der Waals surface area contributed by atoms with Gasteiger partial charge < -0.3 is 9.84 Å². The third kappa shape index (κ3) is 3.94. The number of ether oxygens (including phenoxy) is 1. The molecule has 0 unspecified atom stereocenters. The molecule has 1 N–H and O–H groups in total. The molecule has 0 atom stereocenters. The normalized spacial score (nSPS) is 10.4. The van der Waals surface area contributed by atoms with Crippen molar-refractivity contribution in [3.05, 3.63) is 33.8 Å². The Hall–Kier alpha value is -0.870. The second-order valence-corrected chi connectivity index (χ2v) is 4.43. The minimum absolute atomic E-state index is 0.297. The first kappa shape index (κ1) is 13.2. The minimum atomic E-state index is -0.921. The first-order valence-corrected chi connectivity index (χ1v) is 6.04. The molecule has 0 bridgehead atoms. The predicted molar refractivity (Wildman–Crippen MR) is 65.7 cm³/mol. The number of unbranched alkanes of at least 4 members (excludes halogenated alkanes) is 1. The highest BCUT2D eigenvalue weighted by molar-refractivity contribution is 9.10. The second kappa shape index (κ2) is 6.66. The van der Waals surface area contributed by atoms with E-state index in [2.05, 4.69) is 22.9 Å². The van der Waals surface area contributed by atoms with Crippen molar-refractivity contribution >= 4 is 21.9 Å². The third-order valence-corrected chi connectivity index (χ3v) is 2.70. The Bertz CT molecular complexity index is 363. The number of carboxylic acid groups (broad SMARTS) is 1. The van der Waals surface area contributed by atoms with Gasteiger partial charge >= 0.3 is 5.97 Å². The zero-order valence-electron chi connectivity index (χ0n) is 9.20. The molecule has 0 aliphatic rings. The Balaban J connectivity index is 2.67. The van der Waals surface area contributed by atoms with Crippen LogP contribution >= 0.6 is 15.9 Å². The van der Waals surface area contributed by atoms with E-state index < -0.39 is 5.97 Å². The van der Waals surface area contributed by atoms with E-state index in [1.54, 1.807) is 12.1 Å². The van der Waals surface area contributed by atoms with Gasteiger partial charge in [-0.2, -0.15) is 0 Å². The summed E-state index contributed by atoms with van der Waals surface area (Å²) in [6.45, 7) is 3.12. The van der Waals surface area contributed by atoms with Gasteiger partial charge in [0.15, 0.2) is 0 Å². The Kier molecular flexibility index (Phi) is 5.49. The summed E-state index contributed by atoms with van der Waals surface area (Å²) in [7, 11) is 0. The second-order valence-electron chi connectivity index (χ2n) is 3.51. The van der Waals surface area contributed by atoms with E-state index in [4.69, 9.17) is 9.84 Å². The monoisotopic (exact) mass is 286 g/mol. The molecule has 16 heavy (non-hydrogen) atoms. The number of carboxylic acids is 1. The van der Waals surface area contributed by atoms with E-state index in [1.807, 2.05) is 6.07 Å². The van der Waals surface area contributed by atoms with Crippen molar-refractivity contribution in [3.63, 3.8) is 0 Å². The Morgan fingerprint density at radius 1 is 1.50 bits per heavy atom. The highest BCUT2D eigenvalue weighted by Crippen LogP contribution is 2.17. The molecule has 0 saturated heterocycles. The molecule has 0 radical (unpaired) electrons. The number of hydrogen-bond acceptors (Lipinski definition) is 2. The predicted octanol–water partition coefficient (Wildman–Crippen LogP) is 3.46. The van der Waals surface area contributed by atoms with Gasteiger partial charge in [-0.1, -0.05) is 35.3 Å². The summed E-state index contributed by atoms with van der Waals surface area (Å²) < 4.78 is 6.18.